The molecule has 0 amide bonds. The van der Waals surface area contributed by atoms with E-state index in [1.807, 2.05) is 36.5 Å². The Morgan fingerprint density at radius 2 is 1.54 bits per heavy atom. The van der Waals surface area contributed by atoms with Gasteiger partial charge in [0.1, 0.15) is 5.75 Å². The monoisotopic (exact) mass is 495 g/mol. The smallest absolute Gasteiger partial charge is 0.159 e. The number of carbonyl (C=O) groups is 1. The third-order valence-electron chi connectivity index (χ3n) is 6.84. The SMILES string of the molecule is C=C\C=C(/C(C)=C(C)/C=C(\C)c1ccc(C(C)=O)cc1)c1ccc(OC(CCC)CCC)c(C2=CN2)c1. The van der Waals surface area contributed by atoms with Crippen molar-refractivity contribution in [2.75, 3.05) is 0 Å². The lowest BCUT2D eigenvalue weighted by atomic mass is 9.92. The van der Waals surface area contributed by atoms with Crippen LogP contribution in [0.15, 0.2) is 84.6 Å². The minimum absolute atomic E-state index is 0.0819. The van der Waals surface area contributed by atoms with Gasteiger partial charge >= 0.3 is 0 Å². The summed E-state index contributed by atoms with van der Waals surface area (Å²) >= 11 is 0. The molecule has 0 aromatic heterocycles. The number of ketones is 1. The number of allylic oxidation sites excluding steroid dienone is 7. The highest BCUT2D eigenvalue weighted by Crippen LogP contribution is 2.36. The van der Waals surface area contributed by atoms with Crippen LogP contribution >= 0.6 is 0 Å². The lowest BCUT2D eigenvalue weighted by molar-refractivity contribution is 0.101. The first-order chi connectivity index (χ1) is 17.8. The average Bonchev–Trinajstić information content (AvgIpc) is 3.73. The fourth-order valence-electron chi connectivity index (χ4n) is 4.54. The standard InChI is InChI=1S/C34H41NO2/c1-8-11-30(12-9-2)37-34-19-18-29(21-32(34)33-22-35-33)31(13-10-3)25(6)23(4)20-24(5)27-14-16-28(17-15-27)26(7)36/h10,13-22,30,35H,3,8-9,11-12H2,1-2,4-7H3/b24-20+,25-23+,31-13+. The molecule has 1 N–H and O–H groups in total. The highest BCUT2D eigenvalue weighted by Gasteiger charge is 2.20. The second kappa shape index (κ2) is 13.1. The van der Waals surface area contributed by atoms with Gasteiger partial charge in [-0.15, -0.1) is 0 Å². The van der Waals surface area contributed by atoms with E-state index >= 15 is 0 Å². The maximum absolute atomic E-state index is 11.6. The highest BCUT2D eigenvalue weighted by atomic mass is 16.5. The number of rotatable bonds is 13. The molecule has 1 heterocycles. The molecule has 2 aromatic carbocycles. The average molecular weight is 496 g/mol. The van der Waals surface area contributed by atoms with Crippen molar-refractivity contribution in [1.29, 1.82) is 0 Å². The molecule has 0 saturated heterocycles. The number of hydrogen-bond donors (Lipinski definition) is 1. The van der Waals surface area contributed by atoms with Crippen molar-refractivity contribution < 1.29 is 9.53 Å². The van der Waals surface area contributed by atoms with Crippen LogP contribution in [0.25, 0.3) is 16.8 Å². The Kier molecular flexibility index (Phi) is 9.91. The van der Waals surface area contributed by atoms with Crippen LogP contribution in [-0.2, 0) is 0 Å². The summed E-state index contributed by atoms with van der Waals surface area (Å²) in [4.78, 5) is 11.6. The predicted octanol–water partition coefficient (Wildman–Crippen LogP) is 9.15. The van der Waals surface area contributed by atoms with E-state index in [-0.39, 0.29) is 11.9 Å². The van der Waals surface area contributed by atoms with E-state index in [1.165, 1.54) is 11.1 Å². The maximum Gasteiger partial charge on any atom is 0.159 e. The van der Waals surface area contributed by atoms with E-state index in [2.05, 4.69) is 76.9 Å². The van der Waals surface area contributed by atoms with Gasteiger partial charge in [0.05, 0.1) is 11.8 Å². The molecule has 0 spiro atoms. The van der Waals surface area contributed by atoms with Gasteiger partial charge in [-0.3, -0.25) is 4.79 Å². The van der Waals surface area contributed by atoms with E-state index in [1.54, 1.807) is 6.92 Å². The maximum atomic E-state index is 11.6. The molecule has 1 aliphatic heterocycles. The van der Waals surface area contributed by atoms with Crippen LogP contribution in [0.3, 0.4) is 0 Å². The Labute approximate surface area is 223 Å². The highest BCUT2D eigenvalue weighted by molar-refractivity contribution is 5.94. The molecule has 1 aliphatic rings. The molecule has 194 valence electrons. The van der Waals surface area contributed by atoms with E-state index in [4.69, 9.17) is 4.74 Å². The Bertz CT molecular complexity index is 1250. The molecule has 0 atom stereocenters. The van der Waals surface area contributed by atoms with Gasteiger partial charge in [0.25, 0.3) is 0 Å². The van der Waals surface area contributed by atoms with Crippen LogP contribution in [0.4, 0.5) is 0 Å². The molecule has 0 radical (unpaired) electrons. The minimum Gasteiger partial charge on any atom is -0.490 e. The van der Waals surface area contributed by atoms with Crippen molar-refractivity contribution in [3.63, 3.8) is 0 Å². The molecule has 0 fully saturated rings. The second-order valence-electron chi connectivity index (χ2n) is 9.82. The Balaban J connectivity index is 1.94. The van der Waals surface area contributed by atoms with Crippen LogP contribution in [0.2, 0.25) is 0 Å². The third kappa shape index (κ3) is 7.45. The Hall–Kier alpha value is -3.59. The van der Waals surface area contributed by atoms with Crippen LogP contribution < -0.4 is 10.1 Å². The summed E-state index contributed by atoms with van der Waals surface area (Å²) in [5, 5.41) is 3.26. The number of benzene rings is 2. The van der Waals surface area contributed by atoms with Crippen molar-refractivity contribution >= 4 is 22.6 Å². The van der Waals surface area contributed by atoms with Gasteiger partial charge in [-0.1, -0.05) is 81.8 Å². The lowest BCUT2D eigenvalue weighted by Crippen LogP contribution is -2.16. The van der Waals surface area contributed by atoms with Crippen LogP contribution in [-0.4, -0.2) is 11.9 Å². The fourth-order valence-corrected chi connectivity index (χ4v) is 4.54. The van der Waals surface area contributed by atoms with Gasteiger partial charge in [-0.25, -0.2) is 0 Å². The molecular formula is C34H41NO2. The van der Waals surface area contributed by atoms with Crippen LogP contribution in [0.5, 0.6) is 5.75 Å². The zero-order chi connectivity index (χ0) is 26.9. The number of nitrogens with one attached hydrogen (secondary N) is 1. The number of carbonyl (C=O) groups excluding carboxylic acids is 1. The van der Waals surface area contributed by atoms with Gasteiger partial charge in [0.15, 0.2) is 5.78 Å². The molecule has 0 saturated carbocycles. The molecule has 0 unspecified atom stereocenters. The molecule has 37 heavy (non-hydrogen) atoms. The molecule has 0 bridgehead atoms. The van der Waals surface area contributed by atoms with Crippen LogP contribution in [0.1, 0.15) is 94.3 Å². The van der Waals surface area contributed by atoms with Gasteiger partial charge in [-0.05, 0) is 86.1 Å². The molecular weight excluding hydrogens is 454 g/mol. The normalized spacial score (nSPS) is 14.1. The molecule has 3 rings (SSSR count). The fraction of sp³-hybridized carbons (Fsp3) is 0.324. The van der Waals surface area contributed by atoms with Crippen LogP contribution in [0, 0.1) is 0 Å². The lowest BCUT2D eigenvalue weighted by Gasteiger charge is -2.21. The number of ether oxygens (including phenoxy) is 1. The first kappa shape index (κ1) is 28.0. The van der Waals surface area contributed by atoms with E-state index in [0.29, 0.717) is 0 Å². The van der Waals surface area contributed by atoms with Crippen molar-refractivity contribution in [3.8, 4) is 5.75 Å². The van der Waals surface area contributed by atoms with Crippen molar-refractivity contribution in [1.82, 2.24) is 5.32 Å². The quantitative estimate of drug-likeness (QED) is 0.223. The topological polar surface area (TPSA) is 48.2 Å². The molecule has 2 aromatic rings. The largest absolute Gasteiger partial charge is 0.490 e. The zero-order valence-electron chi connectivity index (χ0n) is 23.3. The van der Waals surface area contributed by atoms with Crippen molar-refractivity contribution in [2.24, 2.45) is 0 Å². The summed E-state index contributed by atoms with van der Waals surface area (Å²) < 4.78 is 6.49. The van der Waals surface area contributed by atoms with E-state index in [9.17, 15) is 4.79 Å². The van der Waals surface area contributed by atoms with Gasteiger partial charge in [0, 0.05) is 17.3 Å². The number of hydrogen-bond acceptors (Lipinski definition) is 3. The Morgan fingerprint density at radius 3 is 2.08 bits per heavy atom. The first-order valence-corrected chi connectivity index (χ1v) is 13.4. The first-order valence-electron chi connectivity index (χ1n) is 13.4. The van der Waals surface area contributed by atoms with E-state index < -0.39 is 0 Å². The minimum atomic E-state index is 0.0819. The summed E-state index contributed by atoms with van der Waals surface area (Å²) in [7, 11) is 0. The zero-order valence-corrected chi connectivity index (χ0v) is 23.3. The summed E-state index contributed by atoms with van der Waals surface area (Å²) in [5.41, 5.74) is 9.84. The second-order valence-corrected chi connectivity index (χ2v) is 9.82. The predicted molar refractivity (Wildman–Crippen MR) is 158 cm³/mol. The van der Waals surface area contributed by atoms with Gasteiger partial charge < -0.3 is 10.1 Å². The molecule has 3 heteroatoms. The van der Waals surface area contributed by atoms with Gasteiger partial charge in [-0.2, -0.15) is 0 Å². The number of Topliss-reactive ketones (excluding diaryl/α,β-unsaturated/α-hetero) is 1. The Morgan fingerprint density at radius 1 is 0.946 bits per heavy atom. The van der Waals surface area contributed by atoms with Gasteiger partial charge in [0.2, 0.25) is 0 Å². The van der Waals surface area contributed by atoms with E-state index in [0.717, 1.165) is 70.5 Å². The molecule has 3 nitrogen and oxygen atoms in total. The third-order valence-corrected chi connectivity index (χ3v) is 6.84. The summed E-state index contributed by atoms with van der Waals surface area (Å²) in [5.74, 6) is 1.02. The van der Waals surface area contributed by atoms with Crippen molar-refractivity contribution in [2.45, 2.75) is 73.3 Å². The summed E-state index contributed by atoms with van der Waals surface area (Å²) in [6, 6.07) is 14.3. The summed E-state index contributed by atoms with van der Waals surface area (Å²) in [6.45, 7) is 16.4. The van der Waals surface area contributed by atoms with Crippen molar-refractivity contribution in [3.05, 3.63) is 107 Å². The summed E-state index contributed by atoms with van der Waals surface area (Å²) in [6.07, 6.45) is 12.7. The molecule has 0 aliphatic carbocycles.